The zero-order valence-corrected chi connectivity index (χ0v) is 13.4. The second-order valence-electron chi connectivity index (χ2n) is 5.44. The minimum absolute atomic E-state index is 0.342. The molecule has 6 heteroatoms. The predicted octanol–water partition coefficient (Wildman–Crippen LogP) is 1.56. The molecule has 116 valence electrons. The number of hydrogen-bond donors (Lipinski definition) is 2. The summed E-state index contributed by atoms with van der Waals surface area (Å²) in [5.74, 6) is 1.61. The number of rotatable bonds is 6. The molecule has 0 unspecified atom stereocenters. The van der Waals surface area contributed by atoms with Crippen LogP contribution < -0.4 is 10.6 Å². The third-order valence-electron chi connectivity index (χ3n) is 3.37. The summed E-state index contributed by atoms with van der Waals surface area (Å²) >= 11 is 0. The van der Waals surface area contributed by atoms with Crippen LogP contribution in [0.5, 0.6) is 0 Å². The lowest BCUT2D eigenvalue weighted by atomic mass is 10.2. The summed E-state index contributed by atoms with van der Waals surface area (Å²) in [5.41, 5.74) is 0.992. The molecular weight excluding hydrogens is 286 g/mol. The van der Waals surface area contributed by atoms with Gasteiger partial charge in [0.05, 0.1) is 11.4 Å². The molecule has 0 heterocycles. The maximum atomic E-state index is 11.4. The highest BCUT2D eigenvalue weighted by Crippen LogP contribution is 2.27. The normalized spacial score (nSPS) is 15.8. The molecule has 21 heavy (non-hydrogen) atoms. The fourth-order valence-corrected chi connectivity index (χ4v) is 2.55. The van der Waals surface area contributed by atoms with Crippen molar-refractivity contribution in [3.63, 3.8) is 0 Å². The summed E-state index contributed by atoms with van der Waals surface area (Å²) in [5, 5.41) is 6.55. The monoisotopic (exact) mass is 309 g/mol. The van der Waals surface area contributed by atoms with Gasteiger partial charge in [-0.3, -0.25) is 0 Å². The number of sulfone groups is 1. The Morgan fingerprint density at radius 1 is 1.24 bits per heavy atom. The quantitative estimate of drug-likeness (QED) is 0.618. The first-order valence-corrected chi connectivity index (χ1v) is 9.19. The van der Waals surface area contributed by atoms with Gasteiger partial charge in [0.1, 0.15) is 0 Å². The molecule has 1 aliphatic carbocycles. The van der Waals surface area contributed by atoms with Crippen molar-refractivity contribution < 1.29 is 8.42 Å². The van der Waals surface area contributed by atoms with Crippen LogP contribution in [0.15, 0.2) is 34.2 Å². The number of benzene rings is 1. The van der Waals surface area contributed by atoms with Gasteiger partial charge in [-0.05, 0) is 43.4 Å². The van der Waals surface area contributed by atoms with E-state index in [4.69, 9.17) is 0 Å². The van der Waals surface area contributed by atoms with E-state index >= 15 is 0 Å². The van der Waals surface area contributed by atoms with Crippen LogP contribution in [0.3, 0.4) is 0 Å². The fraction of sp³-hybridized carbons (Fsp3) is 0.533. The van der Waals surface area contributed by atoms with Crippen LogP contribution in [-0.4, -0.2) is 33.7 Å². The van der Waals surface area contributed by atoms with Gasteiger partial charge in [-0.25, -0.2) is 13.4 Å². The van der Waals surface area contributed by atoms with E-state index in [0.29, 0.717) is 11.4 Å². The highest BCUT2D eigenvalue weighted by Gasteiger charge is 2.20. The largest absolute Gasteiger partial charge is 0.357 e. The molecule has 1 saturated carbocycles. The Kier molecular flexibility index (Phi) is 5.22. The first-order chi connectivity index (χ1) is 9.99. The van der Waals surface area contributed by atoms with Crippen molar-refractivity contribution in [2.45, 2.75) is 31.2 Å². The minimum Gasteiger partial charge on any atom is -0.357 e. The van der Waals surface area contributed by atoms with Crippen LogP contribution in [-0.2, 0) is 16.4 Å². The molecule has 0 saturated heterocycles. The van der Waals surface area contributed by atoms with Gasteiger partial charge in [0.2, 0.25) is 0 Å². The van der Waals surface area contributed by atoms with Gasteiger partial charge in [0.15, 0.2) is 15.8 Å². The number of aliphatic imine (C=N–C) groups is 1. The molecule has 0 radical (unpaired) electrons. The summed E-state index contributed by atoms with van der Waals surface area (Å²) in [4.78, 5) is 4.86. The molecule has 0 atom stereocenters. The first-order valence-electron chi connectivity index (χ1n) is 7.30. The highest BCUT2D eigenvalue weighted by atomic mass is 32.2. The second kappa shape index (κ2) is 6.93. The van der Waals surface area contributed by atoms with E-state index in [1.165, 1.54) is 19.1 Å². The molecule has 2 N–H and O–H groups in total. The SMILES string of the molecule is CCNC(=NCc1ccc(S(C)(=O)=O)cc1)NCC1CC1. The summed E-state index contributed by atoms with van der Waals surface area (Å²) in [6.45, 7) is 4.36. The van der Waals surface area contributed by atoms with Crippen molar-refractivity contribution in [3.8, 4) is 0 Å². The lowest BCUT2D eigenvalue weighted by Crippen LogP contribution is -2.38. The molecule has 1 aromatic rings. The van der Waals surface area contributed by atoms with E-state index in [2.05, 4.69) is 15.6 Å². The van der Waals surface area contributed by atoms with E-state index in [-0.39, 0.29) is 0 Å². The van der Waals surface area contributed by atoms with Crippen LogP contribution in [0, 0.1) is 5.92 Å². The smallest absolute Gasteiger partial charge is 0.191 e. The summed E-state index contributed by atoms with van der Waals surface area (Å²) in [6, 6.07) is 6.88. The third kappa shape index (κ3) is 5.38. The molecule has 0 spiro atoms. The van der Waals surface area contributed by atoms with E-state index in [1.807, 2.05) is 19.1 Å². The Morgan fingerprint density at radius 3 is 2.43 bits per heavy atom. The van der Waals surface area contributed by atoms with Crippen molar-refractivity contribution in [1.29, 1.82) is 0 Å². The average Bonchev–Trinajstić information content (AvgIpc) is 3.25. The van der Waals surface area contributed by atoms with Gasteiger partial charge in [0, 0.05) is 19.3 Å². The topological polar surface area (TPSA) is 70.6 Å². The van der Waals surface area contributed by atoms with Crippen LogP contribution >= 0.6 is 0 Å². The summed E-state index contributed by atoms with van der Waals surface area (Å²) in [6.07, 6.45) is 3.82. The van der Waals surface area contributed by atoms with Crippen molar-refractivity contribution in [2.75, 3.05) is 19.3 Å². The molecule has 0 bridgehead atoms. The molecule has 1 fully saturated rings. The highest BCUT2D eigenvalue weighted by molar-refractivity contribution is 7.90. The van der Waals surface area contributed by atoms with E-state index in [0.717, 1.165) is 30.5 Å². The van der Waals surface area contributed by atoms with Gasteiger partial charge in [-0.15, -0.1) is 0 Å². The van der Waals surface area contributed by atoms with Crippen molar-refractivity contribution in [1.82, 2.24) is 10.6 Å². The molecule has 1 aliphatic rings. The maximum Gasteiger partial charge on any atom is 0.191 e. The molecule has 2 rings (SSSR count). The zero-order valence-electron chi connectivity index (χ0n) is 12.6. The van der Waals surface area contributed by atoms with Gasteiger partial charge in [-0.1, -0.05) is 12.1 Å². The van der Waals surface area contributed by atoms with Gasteiger partial charge < -0.3 is 10.6 Å². The van der Waals surface area contributed by atoms with Gasteiger partial charge in [0.25, 0.3) is 0 Å². The third-order valence-corrected chi connectivity index (χ3v) is 4.50. The standard InChI is InChI=1S/C15H23N3O2S/c1-3-16-15(17-10-12-4-5-12)18-11-13-6-8-14(9-7-13)21(2,19)20/h6-9,12H,3-5,10-11H2,1-2H3,(H2,16,17,18). The predicted molar refractivity (Wildman–Crippen MR) is 85.1 cm³/mol. The van der Waals surface area contributed by atoms with Gasteiger partial charge in [-0.2, -0.15) is 0 Å². The van der Waals surface area contributed by atoms with E-state index < -0.39 is 9.84 Å². The molecule has 0 aromatic heterocycles. The Balaban J connectivity index is 1.95. The Labute approximate surface area is 126 Å². The summed E-state index contributed by atoms with van der Waals surface area (Å²) < 4.78 is 22.8. The first kappa shape index (κ1) is 15.8. The Hall–Kier alpha value is -1.56. The number of nitrogens with zero attached hydrogens (tertiary/aromatic N) is 1. The lowest BCUT2D eigenvalue weighted by Gasteiger charge is -2.10. The molecule has 5 nitrogen and oxygen atoms in total. The van der Waals surface area contributed by atoms with Gasteiger partial charge >= 0.3 is 0 Å². The van der Waals surface area contributed by atoms with E-state index in [1.54, 1.807) is 12.1 Å². The van der Waals surface area contributed by atoms with Crippen LogP contribution in [0.2, 0.25) is 0 Å². The van der Waals surface area contributed by atoms with Crippen molar-refractivity contribution >= 4 is 15.8 Å². The number of guanidine groups is 1. The minimum atomic E-state index is -3.13. The van der Waals surface area contributed by atoms with Crippen molar-refractivity contribution in [2.24, 2.45) is 10.9 Å². The van der Waals surface area contributed by atoms with Crippen LogP contribution in [0.1, 0.15) is 25.3 Å². The molecule has 0 aliphatic heterocycles. The Morgan fingerprint density at radius 2 is 1.90 bits per heavy atom. The summed E-state index contributed by atoms with van der Waals surface area (Å²) in [7, 11) is -3.13. The molecule has 0 amide bonds. The van der Waals surface area contributed by atoms with E-state index in [9.17, 15) is 8.42 Å². The zero-order chi connectivity index (χ0) is 15.3. The Bertz CT molecular complexity index is 590. The van der Waals surface area contributed by atoms with Crippen LogP contribution in [0.25, 0.3) is 0 Å². The number of nitrogens with one attached hydrogen (secondary N) is 2. The average molecular weight is 309 g/mol. The second-order valence-corrected chi connectivity index (χ2v) is 7.45. The lowest BCUT2D eigenvalue weighted by molar-refractivity contribution is 0.602. The van der Waals surface area contributed by atoms with Crippen LogP contribution in [0.4, 0.5) is 0 Å². The molecule has 1 aromatic carbocycles. The van der Waals surface area contributed by atoms with Crippen molar-refractivity contribution in [3.05, 3.63) is 29.8 Å². The maximum absolute atomic E-state index is 11.4. The fourth-order valence-electron chi connectivity index (χ4n) is 1.92. The number of hydrogen-bond acceptors (Lipinski definition) is 3. The molecular formula is C15H23N3O2S.